The first-order valence-electron chi connectivity index (χ1n) is 5.10. The molecule has 2 N–H and O–H groups in total. The lowest BCUT2D eigenvalue weighted by Crippen LogP contribution is -2.38. The molecule has 1 aliphatic rings. The number of hydrogen-bond donors (Lipinski definition) is 1. The first-order valence-corrected chi connectivity index (χ1v) is 6.30. The normalized spacial score (nSPS) is 32.4. The van der Waals surface area contributed by atoms with Crippen molar-refractivity contribution < 1.29 is 0 Å². The number of thiophene rings is 1. The van der Waals surface area contributed by atoms with E-state index < -0.39 is 0 Å². The van der Waals surface area contributed by atoms with Crippen LogP contribution in [0.4, 0.5) is 0 Å². The number of hydrogen-bond acceptors (Lipinski definition) is 2. The van der Waals surface area contributed by atoms with Crippen molar-refractivity contribution >= 4 is 22.9 Å². The van der Waals surface area contributed by atoms with Gasteiger partial charge in [-0.05, 0) is 43.7 Å². The standard InChI is InChI=1S/C11H16ClNS/c1-8-4-5-11(13,6-8)7-9-2-3-10(12)14-9/h2-3,8H,4-7,13H2,1H3. The molecule has 2 rings (SSSR count). The summed E-state index contributed by atoms with van der Waals surface area (Å²) in [4.78, 5) is 1.33. The van der Waals surface area contributed by atoms with Crippen LogP contribution >= 0.6 is 22.9 Å². The van der Waals surface area contributed by atoms with E-state index in [0.717, 1.165) is 29.5 Å². The maximum atomic E-state index is 6.35. The monoisotopic (exact) mass is 229 g/mol. The van der Waals surface area contributed by atoms with Crippen LogP contribution in [0.15, 0.2) is 12.1 Å². The fourth-order valence-electron chi connectivity index (χ4n) is 2.39. The zero-order valence-electron chi connectivity index (χ0n) is 8.42. The largest absolute Gasteiger partial charge is 0.325 e. The summed E-state index contributed by atoms with van der Waals surface area (Å²) in [5, 5.41) is 0. The second-order valence-corrected chi connectivity index (χ2v) is 6.39. The van der Waals surface area contributed by atoms with E-state index in [9.17, 15) is 0 Å². The molecule has 0 bridgehead atoms. The van der Waals surface area contributed by atoms with E-state index in [-0.39, 0.29) is 5.54 Å². The predicted molar refractivity (Wildman–Crippen MR) is 63.0 cm³/mol. The van der Waals surface area contributed by atoms with Gasteiger partial charge in [-0.15, -0.1) is 11.3 Å². The average molecular weight is 230 g/mol. The quantitative estimate of drug-likeness (QED) is 0.826. The van der Waals surface area contributed by atoms with Crippen LogP contribution < -0.4 is 5.73 Å². The summed E-state index contributed by atoms with van der Waals surface area (Å²) >= 11 is 7.56. The second kappa shape index (κ2) is 3.84. The van der Waals surface area contributed by atoms with Gasteiger partial charge in [-0.25, -0.2) is 0 Å². The Bertz CT molecular complexity index is 323. The highest BCUT2D eigenvalue weighted by molar-refractivity contribution is 7.16. The Morgan fingerprint density at radius 2 is 2.43 bits per heavy atom. The summed E-state index contributed by atoms with van der Waals surface area (Å²) in [6.07, 6.45) is 4.58. The molecule has 1 aromatic heterocycles. The first-order chi connectivity index (χ1) is 6.57. The molecule has 1 aromatic rings. The van der Waals surface area contributed by atoms with Crippen molar-refractivity contribution in [2.24, 2.45) is 11.7 Å². The van der Waals surface area contributed by atoms with Crippen LogP contribution in [0.1, 0.15) is 31.1 Å². The van der Waals surface area contributed by atoms with Gasteiger partial charge in [0.05, 0.1) is 4.34 Å². The van der Waals surface area contributed by atoms with Gasteiger partial charge in [0.25, 0.3) is 0 Å². The van der Waals surface area contributed by atoms with E-state index in [1.807, 2.05) is 6.07 Å². The molecule has 1 heterocycles. The Morgan fingerprint density at radius 3 is 2.93 bits per heavy atom. The molecule has 14 heavy (non-hydrogen) atoms. The third kappa shape index (κ3) is 2.30. The number of nitrogens with two attached hydrogens (primary N) is 1. The van der Waals surface area contributed by atoms with Crippen LogP contribution in [0.3, 0.4) is 0 Å². The van der Waals surface area contributed by atoms with Crippen LogP contribution in [0, 0.1) is 5.92 Å². The van der Waals surface area contributed by atoms with Gasteiger partial charge in [-0.1, -0.05) is 18.5 Å². The van der Waals surface area contributed by atoms with Gasteiger partial charge in [0.2, 0.25) is 0 Å². The lowest BCUT2D eigenvalue weighted by atomic mass is 9.93. The van der Waals surface area contributed by atoms with Crippen molar-refractivity contribution in [3.05, 3.63) is 21.3 Å². The second-order valence-electron chi connectivity index (χ2n) is 4.59. The van der Waals surface area contributed by atoms with Gasteiger partial charge in [0, 0.05) is 10.4 Å². The summed E-state index contributed by atoms with van der Waals surface area (Å²) in [5.41, 5.74) is 6.39. The van der Waals surface area contributed by atoms with E-state index in [1.54, 1.807) is 11.3 Å². The maximum absolute atomic E-state index is 6.35. The Balaban J connectivity index is 2.03. The van der Waals surface area contributed by atoms with E-state index in [1.165, 1.54) is 11.3 Å². The lowest BCUT2D eigenvalue weighted by Gasteiger charge is -2.23. The Labute approximate surface area is 94.3 Å². The lowest BCUT2D eigenvalue weighted by molar-refractivity contribution is 0.422. The highest BCUT2D eigenvalue weighted by Crippen LogP contribution is 2.36. The van der Waals surface area contributed by atoms with Gasteiger partial charge in [0.1, 0.15) is 0 Å². The number of halogens is 1. The Morgan fingerprint density at radius 1 is 1.64 bits per heavy atom. The van der Waals surface area contributed by atoms with Crippen LogP contribution in [-0.4, -0.2) is 5.54 Å². The molecular formula is C11H16ClNS. The maximum Gasteiger partial charge on any atom is 0.0931 e. The zero-order chi connectivity index (χ0) is 10.2. The number of rotatable bonds is 2. The van der Waals surface area contributed by atoms with Gasteiger partial charge in [-0.2, -0.15) is 0 Å². The topological polar surface area (TPSA) is 26.0 Å². The minimum absolute atomic E-state index is 0.0353. The summed E-state index contributed by atoms with van der Waals surface area (Å²) in [6.45, 7) is 2.29. The molecule has 0 spiro atoms. The van der Waals surface area contributed by atoms with Gasteiger partial charge < -0.3 is 5.73 Å². The zero-order valence-corrected chi connectivity index (χ0v) is 10.00. The molecule has 0 aliphatic heterocycles. The summed E-state index contributed by atoms with van der Waals surface area (Å²) in [6, 6.07) is 4.06. The van der Waals surface area contributed by atoms with Crippen molar-refractivity contribution in [1.29, 1.82) is 0 Å². The highest BCUT2D eigenvalue weighted by Gasteiger charge is 2.33. The molecule has 2 unspecified atom stereocenters. The fourth-order valence-corrected chi connectivity index (χ4v) is 3.63. The summed E-state index contributed by atoms with van der Waals surface area (Å²) in [7, 11) is 0. The minimum atomic E-state index is 0.0353. The predicted octanol–water partition coefficient (Wildman–Crippen LogP) is 3.46. The van der Waals surface area contributed by atoms with Crippen molar-refractivity contribution in [2.45, 2.75) is 38.1 Å². The van der Waals surface area contributed by atoms with E-state index in [4.69, 9.17) is 17.3 Å². The summed E-state index contributed by atoms with van der Waals surface area (Å²) in [5.74, 6) is 0.787. The molecule has 0 aromatic carbocycles. The fraction of sp³-hybridized carbons (Fsp3) is 0.636. The van der Waals surface area contributed by atoms with Crippen LogP contribution in [0.2, 0.25) is 4.34 Å². The molecule has 1 saturated carbocycles. The molecule has 2 atom stereocenters. The molecule has 0 radical (unpaired) electrons. The average Bonchev–Trinajstić information content (AvgIpc) is 2.60. The van der Waals surface area contributed by atoms with E-state index >= 15 is 0 Å². The molecule has 0 saturated heterocycles. The molecule has 1 aliphatic carbocycles. The molecule has 78 valence electrons. The Hall–Kier alpha value is -0.0500. The third-order valence-electron chi connectivity index (χ3n) is 3.05. The van der Waals surface area contributed by atoms with Crippen molar-refractivity contribution in [3.8, 4) is 0 Å². The first kappa shape index (κ1) is 10.5. The molecule has 3 heteroatoms. The van der Waals surface area contributed by atoms with Crippen molar-refractivity contribution in [1.82, 2.24) is 0 Å². The van der Waals surface area contributed by atoms with Crippen LogP contribution in [0.5, 0.6) is 0 Å². The van der Waals surface area contributed by atoms with Gasteiger partial charge in [0.15, 0.2) is 0 Å². The van der Waals surface area contributed by atoms with Gasteiger partial charge >= 0.3 is 0 Å². The smallest absolute Gasteiger partial charge is 0.0931 e. The van der Waals surface area contributed by atoms with Crippen LogP contribution in [-0.2, 0) is 6.42 Å². The highest BCUT2D eigenvalue weighted by atomic mass is 35.5. The van der Waals surface area contributed by atoms with E-state index in [0.29, 0.717) is 0 Å². The molecule has 0 amide bonds. The third-order valence-corrected chi connectivity index (χ3v) is 4.28. The minimum Gasteiger partial charge on any atom is -0.325 e. The SMILES string of the molecule is CC1CCC(N)(Cc2ccc(Cl)s2)C1. The van der Waals surface area contributed by atoms with Crippen LogP contribution in [0.25, 0.3) is 0 Å². The summed E-state index contributed by atoms with van der Waals surface area (Å²) < 4.78 is 0.870. The molecular weight excluding hydrogens is 214 g/mol. The molecule has 1 nitrogen and oxygen atoms in total. The Kier molecular flexibility index (Phi) is 2.87. The van der Waals surface area contributed by atoms with Crippen molar-refractivity contribution in [3.63, 3.8) is 0 Å². The van der Waals surface area contributed by atoms with Crippen molar-refractivity contribution in [2.75, 3.05) is 0 Å². The van der Waals surface area contributed by atoms with Gasteiger partial charge in [-0.3, -0.25) is 0 Å². The molecule has 1 fully saturated rings. The van der Waals surface area contributed by atoms with E-state index in [2.05, 4.69) is 13.0 Å².